The van der Waals surface area contributed by atoms with Gasteiger partial charge in [0.25, 0.3) is 0 Å². The summed E-state index contributed by atoms with van der Waals surface area (Å²) in [6.45, 7) is 5.55. The van der Waals surface area contributed by atoms with Crippen LogP contribution in [-0.2, 0) is 0 Å². The van der Waals surface area contributed by atoms with Crippen molar-refractivity contribution in [1.82, 2.24) is 4.90 Å². The van der Waals surface area contributed by atoms with E-state index in [0.29, 0.717) is 0 Å². The number of unbranched alkanes of at least 4 members (excludes halogenated alkanes) is 1. The van der Waals surface area contributed by atoms with E-state index in [9.17, 15) is 0 Å². The number of nitrogens with two attached hydrogens (primary N) is 1. The van der Waals surface area contributed by atoms with Gasteiger partial charge < -0.3 is 15.7 Å². The first kappa shape index (κ1) is 15.9. The molecule has 1 saturated carbocycles. The van der Waals surface area contributed by atoms with Crippen molar-refractivity contribution in [2.75, 3.05) is 20.2 Å². The van der Waals surface area contributed by atoms with Crippen molar-refractivity contribution in [1.29, 1.82) is 0 Å². The number of aliphatic hydroxyl groups is 1. The number of hydrogen-bond acceptors (Lipinski definition) is 3. The van der Waals surface area contributed by atoms with Gasteiger partial charge >= 0.3 is 0 Å². The zero-order valence-corrected chi connectivity index (χ0v) is 12.5. The second-order valence-corrected chi connectivity index (χ2v) is 6.66. The van der Waals surface area contributed by atoms with Crippen molar-refractivity contribution in [3.05, 3.63) is 0 Å². The Morgan fingerprint density at radius 1 is 1.22 bits per heavy atom. The molecule has 1 fully saturated rings. The molecule has 0 aliphatic heterocycles. The fourth-order valence-electron chi connectivity index (χ4n) is 2.83. The van der Waals surface area contributed by atoms with Gasteiger partial charge in [0.2, 0.25) is 0 Å². The smallest absolute Gasteiger partial charge is 0.0608 e. The molecule has 3 N–H and O–H groups in total. The highest BCUT2D eigenvalue weighted by Crippen LogP contribution is 2.26. The maximum absolute atomic E-state index is 9.10. The van der Waals surface area contributed by atoms with Gasteiger partial charge in [-0.15, -0.1) is 0 Å². The summed E-state index contributed by atoms with van der Waals surface area (Å²) < 4.78 is 0. The fourth-order valence-corrected chi connectivity index (χ4v) is 2.83. The second kappa shape index (κ2) is 7.46. The molecule has 3 nitrogen and oxygen atoms in total. The molecular weight excluding hydrogens is 224 g/mol. The van der Waals surface area contributed by atoms with E-state index >= 15 is 0 Å². The summed E-state index contributed by atoms with van der Waals surface area (Å²) in [7, 11) is 2.26. The molecular formula is C15H32N2O. The minimum Gasteiger partial charge on any atom is -0.394 e. The molecule has 0 heterocycles. The molecule has 1 atom stereocenters. The number of rotatable bonds is 7. The lowest BCUT2D eigenvalue weighted by Crippen LogP contribution is -2.40. The summed E-state index contributed by atoms with van der Waals surface area (Å²) in [6, 6.07) is 0.795. The normalized spacial score (nSPS) is 28.3. The van der Waals surface area contributed by atoms with E-state index < -0.39 is 5.54 Å². The lowest BCUT2D eigenvalue weighted by molar-refractivity contribution is 0.162. The summed E-state index contributed by atoms with van der Waals surface area (Å²) in [6.07, 6.45) is 8.72. The predicted molar refractivity (Wildman–Crippen MR) is 77.6 cm³/mol. The first-order chi connectivity index (χ1) is 8.44. The van der Waals surface area contributed by atoms with Crippen LogP contribution in [0.2, 0.25) is 0 Å². The van der Waals surface area contributed by atoms with E-state index in [-0.39, 0.29) is 6.61 Å². The van der Waals surface area contributed by atoms with Gasteiger partial charge in [0.15, 0.2) is 0 Å². The summed E-state index contributed by atoms with van der Waals surface area (Å²) in [4.78, 5) is 2.53. The van der Waals surface area contributed by atoms with Gasteiger partial charge in [-0.2, -0.15) is 0 Å². The number of nitrogens with zero attached hydrogens (tertiary/aromatic N) is 1. The van der Waals surface area contributed by atoms with Crippen LogP contribution in [0.3, 0.4) is 0 Å². The average molecular weight is 256 g/mol. The Morgan fingerprint density at radius 3 is 2.39 bits per heavy atom. The molecule has 0 amide bonds. The zero-order chi connectivity index (χ0) is 13.6. The summed E-state index contributed by atoms with van der Waals surface area (Å²) in [5.41, 5.74) is 5.54. The van der Waals surface area contributed by atoms with Crippen molar-refractivity contribution in [3.8, 4) is 0 Å². The van der Waals surface area contributed by atoms with Crippen LogP contribution in [0, 0.1) is 5.92 Å². The van der Waals surface area contributed by atoms with Gasteiger partial charge in [-0.25, -0.2) is 0 Å². The molecule has 0 bridgehead atoms. The predicted octanol–water partition coefficient (Wildman–Crippen LogP) is 2.38. The first-order valence-corrected chi connectivity index (χ1v) is 7.54. The lowest BCUT2D eigenvalue weighted by atomic mass is 9.86. The lowest BCUT2D eigenvalue weighted by Gasteiger charge is -2.33. The Balaban J connectivity index is 2.12. The third-order valence-electron chi connectivity index (χ3n) is 4.48. The minimum absolute atomic E-state index is 0.0867. The summed E-state index contributed by atoms with van der Waals surface area (Å²) in [5, 5.41) is 9.10. The molecule has 0 aromatic carbocycles. The van der Waals surface area contributed by atoms with Crippen molar-refractivity contribution >= 4 is 0 Å². The third-order valence-corrected chi connectivity index (χ3v) is 4.48. The largest absolute Gasteiger partial charge is 0.394 e. The van der Waals surface area contributed by atoms with Crippen LogP contribution in [0.4, 0.5) is 0 Å². The Kier molecular flexibility index (Phi) is 6.61. The molecule has 0 aromatic rings. The van der Waals surface area contributed by atoms with Crippen LogP contribution >= 0.6 is 0 Å². The molecule has 0 saturated heterocycles. The molecule has 1 rings (SSSR count). The molecule has 1 unspecified atom stereocenters. The highest BCUT2D eigenvalue weighted by Gasteiger charge is 2.21. The maximum atomic E-state index is 9.10. The fraction of sp³-hybridized carbons (Fsp3) is 1.00. The first-order valence-electron chi connectivity index (χ1n) is 7.54. The van der Waals surface area contributed by atoms with Gasteiger partial charge in [-0.05, 0) is 65.0 Å². The molecule has 1 aliphatic carbocycles. The van der Waals surface area contributed by atoms with Gasteiger partial charge in [-0.3, -0.25) is 0 Å². The second-order valence-electron chi connectivity index (χ2n) is 6.66. The molecule has 1 aliphatic rings. The Bertz CT molecular complexity index is 223. The van der Waals surface area contributed by atoms with Crippen LogP contribution in [0.25, 0.3) is 0 Å². The van der Waals surface area contributed by atoms with E-state index in [1.165, 1.54) is 38.6 Å². The van der Waals surface area contributed by atoms with Gasteiger partial charge in [0.05, 0.1) is 6.61 Å². The average Bonchev–Trinajstić information content (AvgIpc) is 2.35. The monoisotopic (exact) mass is 256 g/mol. The van der Waals surface area contributed by atoms with Gasteiger partial charge in [0.1, 0.15) is 0 Å². The van der Waals surface area contributed by atoms with Crippen molar-refractivity contribution in [3.63, 3.8) is 0 Å². The standard InChI is InChI=1S/C15H32N2O/c1-13-6-8-14(9-7-13)17(3)11-5-4-10-15(2,16)12-18/h13-14,18H,4-12,16H2,1-3H3. The van der Waals surface area contributed by atoms with E-state index in [0.717, 1.165) is 24.8 Å². The maximum Gasteiger partial charge on any atom is 0.0608 e. The van der Waals surface area contributed by atoms with Crippen molar-refractivity contribution in [2.45, 2.75) is 70.4 Å². The molecule has 0 spiro atoms. The highest BCUT2D eigenvalue weighted by molar-refractivity contribution is 4.78. The topological polar surface area (TPSA) is 49.5 Å². The van der Waals surface area contributed by atoms with Gasteiger partial charge in [-0.1, -0.05) is 13.3 Å². The van der Waals surface area contributed by atoms with E-state index in [2.05, 4.69) is 18.9 Å². The Hall–Kier alpha value is -0.120. The highest BCUT2D eigenvalue weighted by atomic mass is 16.3. The Morgan fingerprint density at radius 2 is 1.83 bits per heavy atom. The quantitative estimate of drug-likeness (QED) is 0.688. The minimum atomic E-state index is -0.390. The van der Waals surface area contributed by atoms with E-state index in [1.54, 1.807) is 0 Å². The van der Waals surface area contributed by atoms with Crippen LogP contribution < -0.4 is 5.73 Å². The van der Waals surface area contributed by atoms with Crippen LogP contribution in [0.1, 0.15) is 58.8 Å². The molecule has 0 radical (unpaired) electrons. The van der Waals surface area contributed by atoms with Crippen LogP contribution in [-0.4, -0.2) is 41.8 Å². The zero-order valence-electron chi connectivity index (χ0n) is 12.5. The summed E-state index contributed by atoms with van der Waals surface area (Å²) in [5.74, 6) is 0.928. The van der Waals surface area contributed by atoms with Crippen LogP contribution in [0.15, 0.2) is 0 Å². The van der Waals surface area contributed by atoms with E-state index in [1.807, 2.05) is 6.92 Å². The van der Waals surface area contributed by atoms with Crippen molar-refractivity contribution in [2.24, 2.45) is 11.7 Å². The number of aliphatic hydroxyl groups excluding tert-OH is 1. The van der Waals surface area contributed by atoms with E-state index in [4.69, 9.17) is 10.8 Å². The Labute approximate surface area is 113 Å². The third kappa shape index (κ3) is 5.68. The SMILES string of the molecule is CC1CCC(N(C)CCCCC(C)(N)CO)CC1. The van der Waals surface area contributed by atoms with Crippen molar-refractivity contribution < 1.29 is 5.11 Å². The number of hydrogen-bond donors (Lipinski definition) is 2. The molecule has 3 heteroatoms. The molecule has 108 valence electrons. The molecule has 18 heavy (non-hydrogen) atoms. The van der Waals surface area contributed by atoms with Crippen LogP contribution in [0.5, 0.6) is 0 Å². The summed E-state index contributed by atoms with van der Waals surface area (Å²) >= 11 is 0. The molecule has 0 aromatic heterocycles. The van der Waals surface area contributed by atoms with Gasteiger partial charge in [0, 0.05) is 11.6 Å².